The third kappa shape index (κ3) is 3.09. The van der Waals surface area contributed by atoms with Gasteiger partial charge in [0.15, 0.2) is 1.41 Å². The molecule has 2 aromatic heterocycles. The minimum atomic E-state index is -1.20. The van der Waals surface area contributed by atoms with Crippen LogP contribution in [0.3, 0.4) is 0 Å². The quantitative estimate of drug-likeness (QED) is 0.791. The van der Waals surface area contributed by atoms with Gasteiger partial charge in [0, 0.05) is 24.8 Å². The van der Waals surface area contributed by atoms with Crippen LogP contribution in [0.5, 0.6) is 0 Å². The average molecular weight is 318 g/mol. The summed E-state index contributed by atoms with van der Waals surface area (Å²) < 4.78 is 7.78. The van der Waals surface area contributed by atoms with Gasteiger partial charge in [0.2, 0.25) is 0 Å². The molecule has 1 fully saturated rings. The normalized spacial score (nSPS) is 22.9. The van der Waals surface area contributed by atoms with Crippen LogP contribution in [0.15, 0.2) is 18.6 Å². The zero-order valence-electron chi connectivity index (χ0n) is 14.7. The summed E-state index contributed by atoms with van der Waals surface area (Å²) in [6.07, 6.45) is 3.41. The SMILES string of the molecule is [2H]N(C(=O)O)C1CCN(c2ncnc3[nH]ccc23)C(C(C)(C)C)C1. The minimum Gasteiger partial charge on any atom is -0.465 e. The Hall–Kier alpha value is -2.31. The molecule has 0 aliphatic carbocycles. The Labute approximate surface area is 136 Å². The molecule has 3 rings (SSSR count). The highest BCUT2D eigenvalue weighted by Gasteiger charge is 2.38. The van der Waals surface area contributed by atoms with Crippen molar-refractivity contribution >= 4 is 22.9 Å². The van der Waals surface area contributed by atoms with Gasteiger partial charge in [-0.25, -0.2) is 14.8 Å². The van der Waals surface area contributed by atoms with E-state index < -0.39 is 6.09 Å². The van der Waals surface area contributed by atoms with E-state index in [1.54, 1.807) is 6.33 Å². The van der Waals surface area contributed by atoms with Crippen LogP contribution >= 0.6 is 0 Å². The van der Waals surface area contributed by atoms with Crippen LogP contribution in [0.1, 0.15) is 33.6 Å². The van der Waals surface area contributed by atoms with Gasteiger partial charge < -0.3 is 20.3 Å². The smallest absolute Gasteiger partial charge is 0.404 e. The van der Waals surface area contributed by atoms with Gasteiger partial charge in [0.1, 0.15) is 17.8 Å². The van der Waals surface area contributed by atoms with E-state index in [0.29, 0.717) is 24.7 Å². The van der Waals surface area contributed by atoms with Gasteiger partial charge in [-0.1, -0.05) is 20.8 Å². The van der Waals surface area contributed by atoms with Crippen molar-refractivity contribution in [1.29, 1.82) is 0 Å². The van der Waals surface area contributed by atoms with Gasteiger partial charge in [-0.05, 0) is 24.3 Å². The number of anilines is 1. The highest BCUT2D eigenvalue weighted by molar-refractivity contribution is 5.87. The Morgan fingerprint density at radius 2 is 2.30 bits per heavy atom. The Balaban J connectivity index is 1.96. The second-order valence-corrected chi connectivity index (χ2v) is 7.10. The topological polar surface area (TPSA) is 94.1 Å². The molecule has 2 aromatic rings. The average Bonchev–Trinajstić information content (AvgIpc) is 3.01. The molecule has 7 nitrogen and oxygen atoms in total. The van der Waals surface area contributed by atoms with Crippen LogP contribution in [-0.4, -0.2) is 44.8 Å². The second-order valence-electron chi connectivity index (χ2n) is 7.10. The summed E-state index contributed by atoms with van der Waals surface area (Å²) in [5.41, 5.74) is 0.716. The van der Waals surface area contributed by atoms with E-state index in [-0.39, 0.29) is 17.5 Å². The van der Waals surface area contributed by atoms with E-state index in [4.69, 9.17) is 6.52 Å². The lowest BCUT2D eigenvalue weighted by Crippen LogP contribution is -2.54. The van der Waals surface area contributed by atoms with Gasteiger partial charge in [0.25, 0.3) is 0 Å². The maximum atomic E-state index is 11.1. The lowest BCUT2D eigenvalue weighted by molar-refractivity contribution is 0.177. The molecule has 0 spiro atoms. The van der Waals surface area contributed by atoms with E-state index >= 15 is 0 Å². The third-order valence-corrected chi connectivity index (χ3v) is 4.47. The monoisotopic (exact) mass is 318 g/mol. The number of hydrogen-bond acceptors (Lipinski definition) is 4. The molecule has 1 aliphatic heterocycles. The lowest BCUT2D eigenvalue weighted by Gasteiger charge is -2.46. The number of aromatic nitrogens is 3. The number of piperidine rings is 1. The number of H-pyrrole nitrogens is 1. The lowest BCUT2D eigenvalue weighted by atomic mass is 9.79. The molecule has 1 aliphatic rings. The molecule has 0 bridgehead atoms. The standard InChI is InChI=1S/C16H23N5O2/c1-16(2,3)12-8-10(20-15(22)23)5-7-21(12)14-11-4-6-17-13(11)18-9-19-14/h4,6,9-10,12,20H,5,7-8H2,1-3H3,(H,22,23)(H,17,18,19)/i/hD. The summed E-state index contributed by atoms with van der Waals surface area (Å²) in [4.78, 5) is 25.2. The first-order chi connectivity index (χ1) is 11.3. The predicted octanol–water partition coefficient (Wildman–Crippen LogP) is 2.61. The number of amides is 1. The van der Waals surface area contributed by atoms with Crippen LogP contribution in [0.2, 0.25) is 1.41 Å². The van der Waals surface area contributed by atoms with Crippen molar-refractivity contribution in [3.05, 3.63) is 18.6 Å². The first kappa shape index (κ1) is 14.3. The Morgan fingerprint density at radius 3 is 3.00 bits per heavy atom. The second kappa shape index (κ2) is 5.72. The maximum Gasteiger partial charge on any atom is 0.404 e. The van der Waals surface area contributed by atoms with Crippen molar-refractivity contribution in [2.45, 2.75) is 45.7 Å². The maximum absolute atomic E-state index is 11.1. The van der Waals surface area contributed by atoms with Crippen molar-refractivity contribution in [1.82, 2.24) is 20.3 Å². The fourth-order valence-corrected chi connectivity index (χ4v) is 3.38. The van der Waals surface area contributed by atoms with Crippen molar-refractivity contribution in [3.8, 4) is 0 Å². The Bertz CT molecular complexity index is 741. The molecule has 0 saturated carbocycles. The highest BCUT2D eigenvalue weighted by Crippen LogP contribution is 2.36. The Morgan fingerprint density at radius 1 is 1.52 bits per heavy atom. The van der Waals surface area contributed by atoms with Gasteiger partial charge in [-0.2, -0.15) is 0 Å². The van der Waals surface area contributed by atoms with Gasteiger partial charge in [-0.15, -0.1) is 0 Å². The largest absolute Gasteiger partial charge is 0.465 e. The first-order valence-electron chi connectivity index (χ1n) is 8.29. The Kier molecular flexibility index (Phi) is 3.55. The van der Waals surface area contributed by atoms with E-state index in [9.17, 15) is 4.79 Å². The summed E-state index contributed by atoms with van der Waals surface area (Å²) in [5.74, 6) is 0.867. The molecule has 2 unspecified atom stereocenters. The zero-order chi connectivity index (χ0) is 17.5. The van der Waals surface area contributed by atoms with Gasteiger partial charge >= 0.3 is 6.09 Å². The number of fused-ring (bicyclic) bond motifs is 1. The third-order valence-electron chi connectivity index (χ3n) is 4.47. The molecule has 3 N–H and O–H groups in total. The van der Waals surface area contributed by atoms with E-state index in [0.717, 1.165) is 16.9 Å². The number of hydrogen-bond donors (Lipinski definition) is 3. The van der Waals surface area contributed by atoms with E-state index in [2.05, 4.69) is 40.6 Å². The van der Waals surface area contributed by atoms with Crippen LogP contribution < -0.4 is 10.2 Å². The van der Waals surface area contributed by atoms with Gasteiger partial charge in [0.05, 0.1) is 5.39 Å². The predicted molar refractivity (Wildman–Crippen MR) is 88.7 cm³/mol. The number of nitrogens with zero attached hydrogens (tertiary/aromatic N) is 3. The molecular weight excluding hydrogens is 294 g/mol. The molecule has 7 heteroatoms. The zero-order valence-corrected chi connectivity index (χ0v) is 13.7. The summed E-state index contributed by atoms with van der Waals surface area (Å²) in [5, 5.41) is 10.8. The molecular formula is C16H23N5O2. The van der Waals surface area contributed by atoms with Crippen LogP contribution in [0, 0.1) is 5.41 Å². The fourth-order valence-electron chi connectivity index (χ4n) is 3.38. The van der Waals surface area contributed by atoms with Crippen molar-refractivity contribution in [2.75, 3.05) is 11.4 Å². The van der Waals surface area contributed by atoms with Crippen LogP contribution in [-0.2, 0) is 0 Å². The summed E-state index contributed by atoms with van der Waals surface area (Å²) in [6, 6.07) is 1.74. The minimum absolute atomic E-state index is 0.0778. The first-order valence-corrected chi connectivity index (χ1v) is 7.85. The molecule has 1 saturated heterocycles. The number of nitrogens with one attached hydrogen (secondary N) is 2. The van der Waals surface area contributed by atoms with Crippen molar-refractivity contribution in [2.24, 2.45) is 5.41 Å². The molecule has 124 valence electrons. The van der Waals surface area contributed by atoms with Crippen LogP contribution in [0.25, 0.3) is 11.0 Å². The molecule has 1 amide bonds. The molecule has 3 heterocycles. The molecule has 0 radical (unpaired) electrons. The highest BCUT2D eigenvalue weighted by atomic mass is 16.4. The number of rotatable bonds is 2. The number of carbonyl (C=O) groups is 1. The van der Waals surface area contributed by atoms with Crippen molar-refractivity contribution < 1.29 is 11.3 Å². The van der Waals surface area contributed by atoms with Gasteiger partial charge in [-0.3, -0.25) is 0 Å². The summed E-state index contributed by atoms with van der Waals surface area (Å²) in [7, 11) is 0. The molecule has 23 heavy (non-hydrogen) atoms. The number of carboxylic acid groups (broad SMARTS) is 1. The molecule has 2 atom stereocenters. The number of aromatic amines is 1. The van der Waals surface area contributed by atoms with E-state index in [1.807, 2.05) is 12.3 Å². The molecule has 0 aromatic carbocycles. The summed E-state index contributed by atoms with van der Waals surface area (Å²) >= 11 is 0. The van der Waals surface area contributed by atoms with Crippen LogP contribution in [0.4, 0.5) is 10.6 Å². The fraction of sp³-hybridized carbons (Fsp3) is 0.562. The summed E-state index contributed by atoms with van der Waals surface area (Å²) in [6.45, 7) is 7.07. The van der Waals surface area contributed by atoms with E-state index in [1.165, 1.54) is 0 Å². The van der Waals surface area contributed by atoms with Crippen molar-refractivity contribution in [3.63, 3.8) is 0 Å².